The van der Waals surface area contributed by atoms with Crippen LogP contribution in [0.15, 0.2) is 0 Å². The van der Waals surface area contributed by atoms with Crippen molar-refractivity contribution in [1.29, 1.82) is 0 Å². The van der Waals surface area contributed by atoms with Crippen molar-refractivity contribution in [3.8, 4) is 0 Å². The number of ether oxygens (including phenoxy) is 1. The van der Waals surface area contributed by atoms with Gasteiger partial charge in [-0.1, -0.05) is 13.8 Å². The summed E-state index contributed by atoms with van der Waals surface area (Å²) in [5, 5.41) is -0.0455. The molecule has 0 amide bonds. The summed E-state index contributed by atoms with van der Waals surface area (Å²) in [7, 11) is -3.10. The van der Waals surface area contributed by atoms with E-state index in [9.17, 15) is 9.36 Å². The average molecular weight is 378 g/mol. The van der Waals surface area contributed by atoms with E-state index in [4.69, 9.17) is 13.8 Å². The van der Waals surface area contributed by atoms with Gasteiger partial charge in [-0.15, -0.1) is 0 Å². The Morgan fingerprint density at radius 3 is 2.29 bits per heavy atom. The van der Waals surface area contributed by atoms with Gasteiger partial charge >= 0.3 is 7.60 Å². The molecule has 8 heteroatoms. The van der Waals surface area contributed by atoms with Gasteiger partial charge in [0.15, 0.2) is 8.32 Å². The second-order valence-corrected chi connectivity index (χ2v) is 14.7. The summed E-state index contributed by atoms with van der Waals surface area (Å²) in [4.78, 5) is 10.5. The van der Waals surface area contributed by atoms with Crippen LogP contribution < -0.4 is 0 Å². The van der Waals surface area contributed by atoms with Crippen molar-refractivity contribution in [3.05, 3.63) is 0 Å². The van der Waals surface area contributed by atoms with Crippen LogP contribution in [0.5, 0.6) is 0 Å². The van der Waals surface area contributed by atoms with Crippen molar-refractivity contribution >= 4 is 23.8 Å². The predicted octanol–water partition coefficient (Wildman–Crippen LogP) is 3.37. The van der Waals surface area contributed by atoms with Crippen molar-refractivity contribution in [2.45, 2.75) is 77.2 Å². The van der Waals surface area contributed by atoms with E-state index in [0.29, 0.717) is 31.7 Å². The Morgan fingerprint density at radius 1 is 1.29 bits per heavy atom. The fourth-order valence-electron chi connectivity index (χ4n) is 3.20. The van der Waals surface area contributed by atoms with Crippen LogP contribution in [-0.4, -0.2) is 52.4 Å². The highest BCUT2D eigenvalue weighted by atomic mass is 31.2. The van der Waals surface area contributed by atoms with Gasteiger partial charge in [-0.25, -0.2) is 0 Å². The van der Waals surface area contributed by atoms with Gasteiger partial charge in [-0.05, 0) is 57.2 Å². The maximum atomic E-state index is 12.6. The zero-order valence-corrected chi connectivity index (χ0v) is 18.4. The Labute approximate surface area is 149 Å². The SMILES string of the molecule is B[C@@H]1O[C@H](CCP(=O)(OCC)OCC)C[C@@H]1CC(C)(C)[Si](C)(C)O. The summed E-state index contributed by atoms with van der Waals surface area (Å²) in [6.07, 6.45) is 3.11. The highest BCUT2D eigenvalue weighted by Gasteiger charge is 2.43. The summed E-state index contributed by atoms with van der Waals surface area (Å²) in [5.41, 5.74) is 0. The van der Waals surface area contributed by atoms with Crippen LogP contribution in [0.4, 0.5) is 0 Å². The fourth-order valence-corrected chi connectivity index (χ4v) is 5.69. The Morgan fingerprint density at radius 2 is 1.83 bits per heavy atom. The summed E-state index contributed by atoms with van der Waals surface area (Å²) < 4.78 is 29.4. The van der Waals surface area contributed by atoms with Gasteiger partial charge in [0, 0.05) is 6.00 Å². The van der Waals surface area contributed by atoms with Crippen LogP contribution in [0.2, 0.25) is 18.1 Å². The van der Waals surface area contributed by atoms with Gasteiger partial charge in [0.2, 0.25) is 0 Å². The molecule has 1 aliphatic heterocycles. The lowest BCUT2D eigenvalue weighted by molar-refractivity contribution is 0.0763. The molecule has 1 saturated heterocycles. The van der Waals surface area contributed by atoms with Crippen molar-refractivity contribution in [2.75, 3.05) is 19.4 Å². The van der Waals surface area contributed by atoms with Crippen LogP contribution >= 0.6 is 7.60 Å². The first-order chi connectivity index (χ1) is 10.9. The maximum absolute atomic E-state index is 12.6. The lowest BCUT2D eigenvalue weighted by Crippen LogP contribution is -2.41. The molecule has 0 spiro atoms. The Balaban J connectivity index is 2.59. The molecule has 0 bridgehead atoms. The molecule has 0 aliphatic carbocycles. The second kappa shape index (κ2) is 8.83. The number of hydrogen-bond acceptors (Lipinski definition) is 5. The van der Waals surface area contributed by atoms with Gasteiger partial charge in [-0.3, -0.25) is 4.57 Å². The zero-order valence-electron chi connectivity index (χ0n) is 16.5. The lowest BCUT2D eigenvalue weighted by Gasteiger charge is -2.37. The number of hydrogen-bond donors (Lipinski definition) is 1. The fraction of sp³-hybridized carbons (Fsp3) is 1.00. The Kier molecular flexibility index (Phi) is 8.24. The second-order valence-electron chi connectivity index (χ2n) is 8.06. The molecule has 1 fully saturated rings. The number of rotatable bonds is 10. The normalized spacial score (nSPS) is 26.0. The highest BCUT2D eigenvalue weighted by Crippen LogP contribution is 2.50. The highest BCUT2D eigenvalue weighted by molar-refractivity contribution is 7.53. The van der Waals surface area contributed by atoms with Gasteiger partial charge < -0.3 is 18.6 Å². The van der Waals surface area contributed by atoms with E-state index >= 15 is 0 Å². The molecule has 24 heavy (non-hydrogen) atoms. The van der Waals surface area contributed by atoms with Crippen molar-refractivity contribution < 1.29 is 23.1 Å². The largest absolute Gasteiger partial charge is 0.432 e. The van der Waals surface area contributed by atoms with E-state index in [-0.39, 0.29) is 17.1 Å². The molecule has 142 valence electrons. The summed E-state index contributed by atoms with van der Waals surface area (Å²) in [5.74, 6) is 0.433. The standard InChI is InChI=1S/C16H36BO5PSi/c1-7-20-23(18,21-8-2)10-9-14-11-13(15(17)22-14)12-16(3,4)24(5,6)19/h13-15,19H,7-12,17H2,1-6H3/t13-,14-,15-/m1/s1. The molecule has 1 heterocycles. The Bertz CT molecular complexity index is 431. The average Bonchev–Trinajstić information content (AvgIpc) is 2.76. The third-order valence-corrected chi connectivity index (χ3v) is 11.1. The summed E-state index contributed by atoms with van der Waals surface area (Å²) >= 11 is 0. The topological polar surface area (TPSA) is 65.0 Å². The first-order valence-corrected chi connectivity index (χ1v) is 13.9. The molecule has 1 aliphatic rings. The minimum Gasteiger partial charge on any atom is -0.432 e. The minimum atomic E-state index is -2.99. The van der Waals surface area contributed by atoms with Crippen LogP contribution in [0, 0.1) is 5.92 Å². The minimum absolute atomic E-state index is 0.0455. The van der Waals surface area contributed by atoms with Crippen molar-refractivity contribution in [2.24, 2.45) is 5.92 Å². The van der Waals surface area contributed by atoms with E-state index < -0.39 is 15.9 Å². The quantitative estimate of drug-likeness (QED) is 0.466. The molecule has 0 aromatic rings. The van der Waals surface area contributed by atoms with E-state index in [2.05, 4.69) is 21.7 Å². The molecule has 1 N–H and O–H groups in total. The van der Waals surface area contributed by atoms with E-state index in [0.717, 1.165) is 12.8 Å². The molecular formula is C16H36BO5PSi. The molecule has 0 unspecified atom stereocenters. The summed E-state index contributed by atoms with van der Waals surface area (Å²) in [6.45, 7) is 12.8. The van der Waals surface area contributed by atoms with Gasteiger partial charge in [-0.2, -0.15) is 0 Å². The van der Waals surface area contributed by atoms with Gasteiger partial charge in [0.05, 0.1) is 25.5 Å². The van der Waals surface area contributed by atoms with E-state index in [1.807, 2.05) is 26.9 Å². The van der Waals surface area contributed by atoms with E-state index in [1.165, 1.54) is 0 Å². The van der Waals surface area contributed by atoms with Gasteiger partial charge in [0.25, 0.3) is 0 Å². The van der Waals surface area contributed by atoms with E-state index in [1.54, 1.807) is 0 Å². The monoisotopic (exact) mass is 378 g/mol. The maximum Gasteiger partial charge on any atom is 0.330 e. The molecule has 3 atom stereocenters. The van der Waals surface area contributed by atoms with Crippen LogP contribution in [0.3, 0.4) is 0 Å². The predicted molar refractivity (Wildman–Crippen MR) is 104 cm³/mol. The first kappa shape index (κ1) is 22.4. The van der Waals surface area contributed by atoms with Crippen LogP contribution in [0.1, 0.15) is 47.0 Å². The van der Waals surface area contributed by atoms with Crippen LogP contribution in [-0.2, 0) is 18.3 Å². The smallest absolute Gasteiger partial charge is 0.330 e. The molecule has 0 aromatic carbocycles. The first-order valence-electron chi connectivity index (χ1n) is 9.20. The molecule has 0 aromatic heterocycles. The third kappa shape index (κ3) is 6.26. The molecular weight excluding hydrogens is 342 g/mol. The molecule has 1 rings (SSSR count). The molecule has 0 radical (unpaired) electrons. The van der Waals surface area contributed by atoms with Crippen LogP contribution in [0.25, 0.3) is 0 Å². The lowest BCUT2D eigenvalue weighted by atomic mass is 9.81. The van der Waals surface area contributed by atoms with Gasteiger partial charge in [0.1, 0.15) is 7.85 Å². The molecule has 5 nitrogen and oxygen atoms in total. The zero-order chi connectivity index (χ0) is 18.6. The Hall–Kier alpha value is 0.352. The molecule has 0 saturated carbocycles. The third-order valence-electron chi connectivity index (χ3n) is 5.44. The van der Waals surface area contributed by atoms with Crippen molar-refractivity contribution in [3.63, 3.8) is 0 Å². The summed E-state index contributed by atoms with van der Waals surface area (Å²) in [6, 6.07) is 0.171. The van der Waals surface area contributed by atoms with Crippen molar-refractivity contribution in [1.82, 2.24) is 0 Å².